The van der Waals surface area contributed by atoms with Crippen LogP contribution in [0.2, 0.25) is 0 Å². The van der Waals surface area contributed by atoms with Gasteiger partial charge < -0.3 is 0 Å². The van der Waals surface area contributed by atoms with Crippen LogP contribution in [-0.2, 0) is 21.7 Å². The summed E-state index contributed by atoms with van der Waals surface area (Å²) in [5.41, 5.74) is 9.22. The minimum atomic E-state index is -4.49. The molecule has 0 radical (unpaired) electrons. The SMILES string of the molecule is CC(C)(C)c1cccc(C(C)(C)C)c1-c1c(-c2ccccc2)ccc([P+](O)(O)O)c1-c1c(C(C)(C)C)cccc1C(C)(C)C. The Bertz CT molecular complexity index is 1580. The third kappa shape index (κ3) is 6.73. The first-order chi connectivity index (χ1) is 20.0. The molecule has 234 valence electrons. The molecule has 4 aromatic carbocycles. The number of hydrogen-bond donors (Lipinski definition) is 3. The lowest BCUT2D eigenvalue weighted by Gasteiger charge is -2.35. The van der Waals surface area contributed by atoms with Crippen LogP contribution in [0.4, 0.5) is 0 Å². The molecule has 0 amide bonds. The van der Waals surface area contributed by atoms with Crippen molar-refractivity contribution in [2.24, 2.45) is 0 Å². The summed E-state index contributed by atoms with van der Waals surface area (Å²) in [5.74, 6) is 0. The van der Waals surface area contributed by atoms with E-state index in [1.807, 2.05) is 24.3 Å². The monoisotopic (exact) mass is 611 g/mol. The molecule has 0 saturated heterocycles. The summed E-state index contributed by atoms with van der Waals surface area (Å²) in [5, 5.41) is 0.179. The van der Waals surface area contributed by atoms with Crippen molar-refractivity contribution in [3.05, 3.63) is 101 Å². The first-order valence-electron chi connectivity index (χ1n) is 15.6. The molecule has 0 atom stereocenters. The van der Waals surface area contributed by atoms with E-state index in [0.717, 1.165) is 38.9 Å². The van der Waals surface area contributed by atoms with E-state index in [0.29, 0.717) is 5.56 Å². The Kier molecular flexibility index (Phi) is 8.92. The van der Waals surface area contributed by atoms with Gasteiger partial charge in [-0.05, 0) is 78.3 Å². The first kappa shape index (κ1) is 34.1. The van der Waals surface area contributed by atoms with Crippen molar-refractivity contribution in [2.45, 2.75) is 105 Å². The highest BCUT2D eigenvalue weighted by molar-refractivity contribution is 7.67. The maximum atomic E-state index is 11.2. The minimum absolute atomic E-state index is 0.179. The molecule has 0 aliphatic carbocycles. The lowest BCUT2D eigenvalue weighted by molar-refractivity contribution is 0.347. The van der Waals surface area contributed by atoms with Crippen LogP contribution < -0.4 is 5.30 Å². The van der Waals surface area contributed by atoms with E-state index in [4.69, 9.17) is 0 Å². The second-order valence-electron chi connectivity index (χ2n) is 16.3. The molecule has 0 aromatic heterocycles. The van der Waals surface area contributed by atoms with Crippen LogP contribution in [0.25, 0.3) is 33.4 Å². The van der Waals surface area contributed by atoms with Gasteiger partial charge in [0.1, 0.15) is 0 Å². The van der Waals surface area contributed by atoms with Gasteiger partial charge >= 0.3 is 7.94 Å². The quantitative estimate of drug-likeness (QED) is 0.201. The third-order valence-corrected chi connectivity index (χ3v) is 9.47. The van der Waals surface area contributed by atoms with Crippen LogP contribution in [0.1, 0.15) is 105 Å². The van der Waals surface area contributed by atoms with Gasteiger partial charge in [-0.2, -0.15) is 14.7 Å². The molecule has 4 heteroatoms. The number of hydrogen-bond acceptors (Lipinski definition) is 3. The lowest BCUT2D eigenvalue weighted by Crippen LogP contribution is -2.24. The molecule has 4 aromatic rings. The predicted octanol–water partition coefficient (Wildman–Crippen LogP) is 10.2. The van der Waals surface area contributed by atoms with Crippen LogP contribution in [0, 0.1) is 0 Å². The highest BCUT2D eigenvalue weighted by Crippen LogP contribution is 2.55. The Morgan fingerprint density at radius 2 is 0.750 bits per heavy atom. The largest absolute Gasteiger partial charge is 0.441 e. The molecule has 4 rings (SSSR count). The standard InChI is InChI=1S/C40H52O3P/c1-37(2,3)28-20-16-21-29(38(4,5)6)34(28)33-27(26-18-14-13-15-19-26)24-25-32(44(41,42)43)36(33)35-30(39(7,8)9)22-17-23-31(35)40(10,11)12/h13-25,41-43H,1-12H3/q+1. The molecule has 44 heavy (non-hydrogen) atoms. The zero-order valence-electron chi connectivity index (χ0n) is 28.8. The molecule has 0 spiro atoms. The van der Waals surface area contributed by atoms with Crippen molar-refractivity contribution in [2.75, 3.05) is 0 Å². The van der Waals surface area contributed by atoms with E-state index in [2.05, 4.69) is 132 Å². The van der Waals surface area contributed by atoms with Gasteiger partial charge in [0.25, 0.3) is 0 Å². The van der Waals surface area contributed by atoms with Crippen LogP contribution in [0.15, 0.2) is 78.9 Å². The molecule has 3 nitrogen and oxygen atoms in total. The van der Waals surface area contributed by atoms with E-state index in [1.54, 1.807) is 6.07 Å². The maximum Gasteiger partial charge on any atom is 0.441 e. The molecule has 0 aliphatic rings. The van der Waals surface area contributed by atoms with Gasteiger partial charge in [-0.15, -0.1) is 0 Å². The van der Waals surface area contributed by atoms with Crippen molar-refractivity contribution >= 4 is 13.2 Å². The molecule has 0 unspecified atom stereocenters. The molecule has 3 N–H and O–H groups in total. The smallest absolute Gasteiger partial charge is 0.189 e. The van der Waals surface area contributed by atoms with Gasteiger partial charge in [0.15, 0.2) is 5.30 Å². The van der Waals surface area contributed by atoms with Crippen molar-refractivity contribution < 1.29 is 14.7 Å². The average molecular weight is 612 g/mol. The zero-order chi connectivity index (χ0) is 33.0. The fraction of sp³-hybridized carbons (Fsp3) is 0.400. The van der Waals surface area contributed by atoms with Crippen LogP contribution in [0.5, 0.6) is 0 Å². The van der Waals surface area contributed by atoms with Gasteiger partial charge in [0.05, 0.1) is 0 Å². The van der Waals surface area contributed by atoms with Gasteiger partial charge in [-0.1, -0.05) is 150 Å². The van der Waals surface area contributed by atoms with Gasteiger partial charge in [-0.25, -0.2) is 0 Å². The van der Waals surface area contributed by atoms with E-state index < -0.39 is 7.94 Å². The van der Waals surface area contributed by atoms with Crippen LogP contribution in [0.3, 0.4) is 0 Å². The fourth-order valence-corrected chi connectivity index (χ4v) is 7.15. The first-order valence-corrected chi connectivity index (χ1v) is 17.3. The molecule has 0 fully saturated rings. The summed E-state index contributed by atoms with van der Waals surface area (Å²) in [6.07, 6.45) is 0. The normalized spacial score (nSPS) is 13.3. The van der Waals surface area contributed by atoms with Crippen molar-refractivity contribution in [3.63, 3.8) is 0 Å². The average Bonchev–Trinajstić information content (AvgIpc) is 2.89. The van der Waals surface area contributed by atoms with Crippen molar-refractivity contribution in [1.82, 2.24) is 0 Å². The Hall–Kier alpha value is -2.81. The van der Waals surface area contributed by atoms with Gasteiger partial charge in [0, 0.05) is 11.1 Å². The third-order valence-electron chi connectivity index (χ3n) is 8.45. The number of rotatable bonds is 4. The number of benzene rings is 4. The predicted molar refractivity (Wildman–Crippen MR) is 191 cm³/mol. The van der Waals surface area contributed by atoms with E-state index in [9.17, 15) is 14.7 Å². The summed E-state index contributed by atoms with van der Waals surface area (Å²) >= 11 is 0. The topological polar surface area (TPSA) is 60.7 Å². The van der Waals surface area contributed by atoms with E-state index in [1.165, 1.54) is 11.1 Å². The Labute approximate surface area is 266 Å². The summed E-state index contributed by atoms with van der Waals surface area (Å²) in [6, 6.07) is 27.0. The summed E-state index contributed by atoms with van der Waals surface area (Å²) < 4.78 is 0. The van der Waals surface area contributed by atoms with Crippen LogP contribution >= 0.6 is 7.94 Å². The minimum Gasteiger partial charge on any atom is -0.189 e. The molecule has 0 heterocycles. The Morgan fingerprint density at radius 1 is 0.386 bits per heavy atom. The molecular formula is C40H52O3P+. The van der Waals surface area contributed by atoms with Gasteiger partial charge in [-0.3, -0.25) is 0 Å². The highest BCUT2D eigenvalue weighted by Gasteiger charge is 2.43. The maximum absolute atomic E-state index is 11.2. The highest BCUT2D eigenvalue weighted by atomic mass is 31.2. The van der Waals surface area contributed by atoms with Crippen molar-refractivity contribution in [1.29, 1.82) is 0 Å². The fourth-order valence-electron chi connectivity index (χ4n) is 6.36. The zero-order valence-corrected chi connectivity index (χ0v) is 29.7. The summed E-state index contributed by atoms with van der Waals surface area (Å²) in [6.45, 7) is 26.6. The summed E-state index contributed by atoms with van der Waals surface area (Å²) in [7, 11) is -4.49. The van der Waals surface area contributed by atoms with Crippen molar-refractivity contribution in [3.8, 4) is 33.4 Å². The molecule has 0 saturated carbocycles. The second-order valence-corrected chi connectivity index (χ2v) is 17.9. The molecule has 0 aliphatic heterocycles. The van der Waals surface area contributed by atoms with E-state index in [-0.39, 0.29) is 27.0 Å². The van der Waals surface area contributed by atoms with E-state index >= 15 is 0 Å². The second kappa shape index (κ2) is 11.5. The van der Waals surface area contributed by atoms with Crippen LogP contribution in [-0.4, -0.2) is 14.7 Å². The molecular weight excluding hydrogens is 559 g/mol. The summed E-state index contributed by atoms with van der Waals surface area (Å²) in [4.78, 5) is 33.7. The Balaban J connectivity index is 2.48. The molecule has 0 bridgehead atoms. The van der Waals surface area contributed by atoms with Gasteiger partial charge in [0.2, 0.25) is 0 Å². The lowest BCUT2D eigenvalue weighted by atomic mass is 9.69. The Morgan fingerprint density at radius 3 is 1.09 bits per heavy atom.